The van der Waals surface area contributed by atoms with E-state index in [1.54, 1.807) is 24.3 Å². The van der Waals surface area contributed by atoms with Crippen LogP contribution in [0.25, 0.3) is 11.0 Å². The van der Waals surface area contributed by atoms with Gasteiger partial charge >= 0.3 is 0 Å². The van der Waals surface area contributed by atoms with E-state index in [1.807, 2.05) is 25.1 Å². The summed E-state index contributed by atoms with van der Waals surface area (Å²) in [7, 11) is 0. The van der Waals surface area contributed by atoms with Crippen molar-refractivity contribution in [1.82, 2.24) is 14.9 Å². The Morgan fingerprint density at radius 3 is 2.92 bits per heavy atom. The molecular formula is C20H18N4O2. The molecule has 2 heterocycles. The lowest BCUT2D eigenvalue weighted by Crippen LogP contribution is -2.35. The standard InChI is InChI=1S/C20H18N4O2/c1-13-3-2-4-17-19(13)23-18-12-26-11-16(24(17)18)10-22-20(25)15-7-5-14(9-21)6-8-15/h2-8,16H,10-12H2,1H3,(H,22,25). The molecule has 1 aliphatic heterocycles. The molecule has 2 aromatic carbocycles. The lowest BCUT2D eigenvalue weighted by molar-refractivity contribution is 0.0553. The molecule has 0 fully saturated rings. The maximum absolute atomic E-state index is 12.4. The molecule has 1 aromatic heterocycles. The van der Waals surface area contributed by atoms with Gasteiger partial charge in [-0.05, 0) is 42.8 Å². The van der Waals surface area contributed by atoms with Crippen molar-refractivity contribution in [2.75, 3.05) is 13.2 Å². The van der Waals surface area contributed by atoms with Crippen LogP contribution in [0.1, 0.15) is 33.4 Å². The number of carbonyl (C=O) groups excluding carboxylic acids is 1. The van der Waals surface area contributed by atoms with E-state index in [-0.39, 0.29) is 11.9 Å². The molecule has 3 aromatic rings. The second kappa shape index (κ2) is 6.62. The lowest BCUT2D eigenvalue weighted by Gasteiger charge is -2.26. The van der Waals surface area contributed by atoms with Gasteiger partial charge in [-0.3, -0.25) is 4.79 Å². The molecule has 0 saturated carbocycles. The van der Waals surface area contributed by atoms with Crippen LogP contribution in [0.3, 0.4) is 0 Å². The first-order valence-corrected chi connectivity index (χ1v) is 8.50. The topological polar surface area (TPSA) is 79.9 Å². The van der Waals surface area contributed by atoms with Gasteiger partial charge in [0.2, 0.25) is 0 Å². The van der Waals surface area contributed by atoms with Gasteiger partial charge in [-0.25, -0.2) is 4.98 Å². The number of amides is 1. The Hall–Kier alpha value is -3.17. The lowest BCUT2D eigenvalue weighted by atomic mass is 10.1. The third-order valence-corrected chi connectivity index (χ3v) is 4.68. The molecule has 130 valence electrons. The number of imidazole rings is 1. The minimum Gasteiger partial charge on any atom is -0.371 e. The van der Waals surface area contributed by atoms with E-state index in [0.29, 0.717) is 30.9 Å². The third-order valence-electron chi connectivity index (χ3n) is 4.68. The summed E-state index contributed by atoms with van der Waals surface area (Å²) in [6.07, 6.45) is 0. The first-order valence-electron chi connectivity index (χ1n) is 8.50. The number of hydrogen-bond acceptors (Lipinski definition) is 4. The van der Waals surface area contributed by atoms with Crippen molar-refractivity contribution in [1.29, 1.82) is 5.26 Å². The Morgan fingerprint density at radius 1 is 1.35 bits per heavy atom. The van der Waals surface area contributed by atoms with Gasteiger partial charge < -0.3 is 14.6 Å². The average Bonchev–Trinajstić information content (AvgIpc) is 3.07. The molecule has 6 heteroatoms. The summed E-state index contributed by atoms with van der Waals surface area (Å²) in [5, 5.41) is 11.8. The summed E-state index contributed by atoms with van der Waals surface area (Å²) >= 11 is 0. The highest BCUT2D eigenvalue weighted by atomic mass is 16.5. The highest BCUT2D eigenvalue weighted by Crippen LogP contribution is 2.27. The molecule has 1 atom stereocenters. The molecule has 0 radical (unpaired) electrons. The van der Waals surface area contributed by atoms with Gasteiger partial charge in [0.15, 0.2) is 0 Å². The van der Waals surface area contributed by atoms with Crippen molar-refractivity contribution in [3.8, 4) is 6.07 Å². The van der Waals surface area contributed by atoms with Crippen LogP contribution < -0.4 is 5.32 Å². The summed E-state index contributed by atoms with van der Waals surface area (Å²) in [6.45, 7) is 3.50. The quantitative estimate of drug-likeness (QED) is 0.791. The zero-order valence-corrected chi connectivity index (χ0v) is 14.4. The van der Waals surface area contributed by atoms with Crippen molar-refractivity contribution >= 4 is 16.9 Å². The number of hydrogen-bond donors (Lipinski definition) is 1. The number of carbonyl (C=O) groups is 1. The van der Waals surface area contributed by atoms with Gasteiger partial charge in [-0.2, -0.15) is 5.26 Å². The fourth-order valence-corrected chi connectivity index (χ4v) is 3.33. The first-order chi connectivity index (χ1) is 12.7. The van der Waals surface area contributed by atoms with E-state index in [2.05, 4.69) is 16.0 Å². The monoisotopic (exact) mass is 346 g/mol. The van der Waals surface area contributed by atoms with Crippen LogP contribution in [-0.2, 0) is 11.3 Å². The Bertz CT molecular complexity index is 1010. The Labute approximate surface area is 151 Å². The highest BCUT2D eigenvalue weighted by molar-refractivity contribution is 5.94. The number of ether oxygens (including phenoxy) is 1. The molecule has 0 bridgehead atoms. The maximum atomic E-state index is 12.4. The van der Waals surface area contributed by atoms with E-state index in [0.717, 1.165) is 22.4 Å². The van der Waals surface area contributed by atoms with Crippen molar-refractivity contribution in [2.24, 2.45) is 0 Å². The SMILES string of the molecule is Cc1cccc2c1nc1n2C(CNC(=O)c2ccc(C#N)cc2)COC1. The number of nitrogens with one attached hydrogen (secondary N) is 1. The average molecular weight is 346 g/mol. The van der Waals surface area contributed by atoms with Crippen LogP contribution in [0.4, 0.5) is 0 Å². The van der Waals surface area contributed by atoms with Crippen LogP contribution in [0.2, 0.25) is 0 Å². The van der Waals surface area contributed by atoms with Crippen molar-refractivity contribution in [3.05, 3.63) is 65.0 Å². The first kappa shape index (κ1) is 16.3. The van der Waals surface area contributed by atoms with Crippen molar-refractivity contribution < 1.29 is 9.53 Å². The summed E-state index contributed by atoms with van der Waals surface area (Å²) in [6, 6.07) is 14.8. The second-order valence-electron chi connectivity index (χ2n) is 6.41. The predicted molar refractivity (Wildman–Crippen MR) is 96.7 cm³/mol. The summed E-state index contributed by atoms with van der Waals surface area (Å²) in [4.78, 5) is 17.1. The second-order valence-corrected chi connectivity index (χ2v) is 6.41. The van der Waals surface area contributed by atoms with E-state index in [1.165, 1.54) is 0 Å². The van der Waals surface area contributed by atoms with Crippen LogP contribution in [0.15, 0.2) is 42.5 Å². The highest BCUT2D eigenvalue weighted by Gasteiger charge is 2.25. The molecule has 0 spiro atoms. The van der Waals surface area contributed by atoms with Gasteiger partial charge in [0.05, 0.1) is 35.3 Å². The zero-order valence-electron chi connectivity index (χ0n) is 14.4. The van der Waals surface area contributed by atoms with E-state index in [9.17, 15) is 4.79 Å². The Morgan fingerprint density at radius 2 is 2.15 bits per heavy atom. The largest absolute Gasteiger partial charge is 0.371 e. The number of para-hydroxylation sites is 1. The molecule has 1 unspecified atom stereocenters. The van der Waals surface area contributed by atoms with Gasteiger partial charge in [0.25, 0.3) is 5.91 Å². The Balaban J connectivity index is 1.55. The normalized spacial score (nSPS) is 16.1. The van der Waals surface area contributed by atoms with Gasteiger partial charge in [-0.15, -0.1) is 0 Å². The van der Waals surface area contributed by atoms with E-state index < -0.39 is 0 Å². The molecule has 1 aliphatic rings. The summed E-state index contributed by atoms with van der Waals surface area (Å²) < 4.78 is 7.85. The molecule has 26 heavy (non-hydrogen) atoms. The molecule has 0 saturated heterocycles. The van der Waals surface area contributed by atoms with Crippen LogP contribution >= 0.6 is 0 Å². The number of fused-ring (bicyclic) bond motifs is 3. The van der Waals surface area contributed by atoms with Crippen LogP contribution in [0, 0.1) is 18.3 Å². The van der Waals surface area contributed by atoms with Crippen LogP contribution in [0.5, 0.6) is 0 Å². The fraction of sp³-hybridized carbons (Fsp3) is 0.250. The number of nitriles is 1. The number of nitrogens with zero attached hydrogens (tertiary/aromatic N) is 3. The number of benzene rings is 2. The summed E-state index contributed by atoms with van der Waals surface area (Å²) in [5.41, 5.74) is 4.25. The molecule has 0 aliphatic carbocycles. The van der Waals surface area contributed by atoms with Gasteiger partial charge in [0.1, 0.15) is 12.4 Å². The minimum absolute atomic E-state index is 0.00659. The summed E-state index contributed by atoms with van der Waals surface area (Å²) in [5.74, 6) is 0.723. The van der Waals surface area contributed by atoms with E-state index in [4.69, 9.17) is 15.0 Å². The molecule has 1 amide bonds. The number of rotatable bonds is 3. The van der Waals surface area contributed by atoms with Crippen molar-refractivity contribution in [3.63, 3.8) is 0 Å². The Kier molecular flexibility index (Phi) is 4.15. The van der Waals surface area contributed by atoms with E-state index >= 15 is 0 Å². The molecule has 1 N–H and O–H groups in total. The fourth-order valence-electron chi connectivity index (χ4n) is 3.33. The maximum Gasteiger partial charge on any atom is 0.251 e. The van der Waals surface area contributed by atoms with Crippen molar-refractivity contribution in [2.45, 2.75) is 19.6 Å². The third kappa shape index (κ3) is 2.83. The smallest absolute Gasteiger partial charge is 0.251 e. The number of aryl methyl sites for hydroxylation is 1. The molecule has 6 nitrogen and oxygen atoms in total. The van der Waals surface area contributed by atoms with Gasteiger partial charge in [0, 0.05) is 12.1 Å². The molecule has 4 rings (SSSR count). The zero-order chi connectivity index (χ0) is 18.1. The molecular weight excluding hydrogens is 328 g/mol. The number of aromatic nitrogens is 2. The predicted octanol–water partition coefficient (Wildman–Crippen LogP) is 2.72. The van der Waals surface area contributed by atoms with Gasteiger partial charge in [-0.1, -0.05) is 12.1 Å². The van der Waals surface area contributed by atoms with Crippen LogP contribution in [-0.4, -0.2) is 28.6 Å². The minimum atomic E-state index is -0.165.